The van der Waals surface area contributed by atoms with Crippen LogP contribution >= 0.6 is 0 Å². The van der Waals surface area contributed by atoms with Crippen LogP contribution in [-0.4, -0.2) is 49.1 Å². The molecule has 3 heteroatoms. The molecule has 118 valence electrons. The Bertz CT molecular complexity index is 458. The van der Waals surface area contributed by atoms with Crippen LogP contribution in [0.3, 0.4) is 0 Å². The molecular weight excluding hydrogens is 258 g/mol. The fourth-order valence-corrected chi connectivity index (χ4v) is 3.60. The summed E-state index contributed by atoms with van der Waals surface area (Å²) in [4.78, 5) is 5.12. The Labute approximate surface area is 130 Å². The molecule has 1 aliphatic heterocycles. The predicted octanol–water partition coefficient (Wildman–Crippen LogP) is 2.72. The first-order valence-corrected chi connectivity index (χ1v) is 8.28. The number of hydrogen-bond acceptors (Lipinski definition) is 3. The summed E-state index contributed by atoms with van der Waals surface area (Å²) in [5, 5.41) is 0. The van der Waals surface area contributed by atoms with Gasteiger partial charge >= 0.3 is 0 Å². The SMILES string of the molecule is CCC1CN(C)CCCN1C(CN)c1cc(C)ccc1C. The van der Waals surface area contributed by atoms with Crippen LogP contribution in [0.1, 0.15) is 42.5 Å². The molecule has 3 nitrogen and oxygen atoms in total. The Kier molecular flexibility index (Phi) is 5.80. The molecule has 0 amide bonds. The maximum absolute atomic E-state index is 6.20. The van der Waals surface area contributed by atoms with Gasteiger partial charge in [-0.2, -0.15) is 0 Å². The van der Waals surface area contributed by atoms with Crippen LogP contribution in [0.25, 0.3) is 0 Å². The Morgan fingerprint density at radius 3 is 2.71 bits per heavy atom. The second-order valence-corrected chi connectivity index (χ2v) is 6.53. The smallest absolute Gasteiger partial charge is 0.0476 e. The fraction of sp³-hybridized carbons (Fsp3) is 0.667. The zero-order valence-electron chi connectivity index (χ0n) is 14.1. The van der Waals surface area contributed by atoms with Crippen LogP contribution in [0.4, 0.5) is 0 Å². The van der Waals surface area contributed by atoms with E-state index in [9.17, 15) is 0 Å². The normalized spacial score (nSPS) is 23.0. The van der Waals surface area contributed by atoms with Crippen molar-refractivity contribution in [1.29, 1.82) is 0 Å². The second kappa shape index (κ2) is 7.39. The lowest BCUT2D eigenvalue weighted by Crippen LogP contribution is -2.44. The first-order valence-electron chi connectivity index (χ1n) is 8.28. The zero-order chi connectivity index (χ0) is 15.4. The van der Waals surface area contributed by atoms with Crippen LogP contribution < -0.4 is 5.73 Å². The molecule has 1 aromatic rings. The lowest BCUT2D eigenvalue weighted by molar-refractivity contribution is 0.130. The van der Waals surface area contributed by atoms with E-state index in [4.69, 9.17) is 5.73 Å². The van der Waals surface area contributed by atoms with Crippen LogP contribution in [0.15, 0.2) is 18.2 Å². The van der Waals surface area contributed by atoms with Gasteiger partial charge in [0.25, 0.3) is 0 Å². The fourth-order valence-electron chi connectivity index (χ4n) is 3.60. The summed E-state index contributed by atoms with van der Waals surface area (Å²) in [6.07, 6.45) is 2.42. The average Bonchev–Trinajstić information content (AvgIpc) is 2.65. The highest BCUT2D eigenvalue weighted by atomic mass is 15.3. The lowest BCUT2D eigenvalue weighted by atomic mass is 9.96. The largest absolute Gasteiger partial charge is 0.329 e. The number of likely N-dealkylation sites (N-methyl/N-ethyl adjacent to an activating group) is 1. The van der Waals surface area contributed by atoms with Gasteiger partial charge in [0.2, 0.25) is 0 Å². The van der Waals surface area contributed by atoms with Gasteiger partial charge in [0.15, 0.2) is 0 Å². The number of rotatable bonds is 4. The first kappa shape index (κ1) is 16.5. The van der Waals surface area contributed by atoms with Crippen molar-refractivity contribution in [3.63, 3.8) is 0 Å². The third kappa shape index (κ3) is 3.85. The van der Waals surface area contributed by atoms with Crippen molar-refractivity contribution in [2.24, 2.45) is 5.73 Å². The molecule has 1 heterocycles. The molecule has 1 aliphatic rings. The van der Waals surface area contributed by atoms with E-state index < -0.39 is 0 Å². The van der Waals surface area contributed by atoms with E-state index in [0.29, 0.717) is 18.6 Å². The molecule has 0 radical (unpaired) electrons. The minimum atomic E-state index is 0.348. The van der Waals surface area contributed by atoms with Gasteiger partial charge in [-0.05, 0) is 51.4 Å². The van der Waals surface area contributed by atoms with Crippen molar-refractivity contribution in [2.45, 2.75) is 45.7 Å². The third-order valence-corrected chi connectivity index (χ3v) is 4.84. The average molecular weight is 289 g/mol. The maximum atomic E-state index is 6.20. The van der Waals surface area contributed by atoms with Crippen molar-refractivity contribution in [1.82, 2.24) is 9.80 Å². The Morgan fingerprint density at radius 1 is 1.29 bits per heavy atom. The van der Waals surface area contributed by atoms with E-state index in [2.05, 4.69) is 55.8 Å². The maximum Gasteiger partial charge on any atom is 0.0476 e. The number of nitrogens with zero attached hydrogens (tertiary/aromatic N) is 2. The van der Waals surface area contributed by atoms with Crippen molar-refractivity contribution in [2.75, 3.05) is 33.2 Å². The van der Waals surface area contributed by atoms with Gasteiger partial charge in [0.1, 0.15) is 0 Å². The van der Waals surface area contributed by atoms with Gasteiger partial charge in [0, 0.05) is 31.7 Å². The summed E-state index contributed by atoms with van der Waals surface area (Å²) in [6, 6.07) is 7.71. The summed E-state index contributed by atoms with van der Waals surface area (Å²) >= 11 is 0. The molecule has 1 aromatic carbocycles. The van der Waals surface area contributed by atoms with Gasteiger partial charge in [-0.15, -0.1) is 0 Å². The molecule has 1 fully saturated rings. The molecule has 2 rings (SSSR count). The molecule has 2 N–H and O–H groups in total. The standard InChI is InChI=1S/C18H31N3/c1-5-16-13-20(4)9-6-10-21(16)18(12-19)17-11-14(2)7-8-15(17)3/h7-8,11,16,18H,5-6,9-10,12-13,19H2,1-4H3. The highest BCUT2D eigenvalue weighted by Crippen LogP contribution is 2.28. The van der Waals surface area contributed by atoms with Gasteiger partial charge < -0.3 is 10.6 Å². The van der Waals surface area contributed by atoms with E-state index in [1.165, 1.54) is 36.1 Å². The van der Waals surface area contributed by atoms with Gasteiger partial charge in [-0.25, -0.2) is 0 Å². The molecule has 21 heavy (non-hydrogen) atoms. The van der Waals surface area contributed by atoms with Gasteiger partial charge in [-0.1, -0.05) is 30.7 Å². The molecule has 2 unspecified atom stereocenters. The number of benzene rings is 1. The Morgan fingerprint density at radius 2 is 2.05 bits per heavy atom. The monoisotopic (exact) mass is 289 g/mol. The number of nitrogens with two attached hydrogens (primary N) is 1. The molecule has 0 saturated carbocycles. The minimum absolute atomic E-state index is 0.348. The Hall–Kier alpha value is -0.900. The van der Waals surface area contributed by atoms with E-state index in [0.717, 1.165) is 13.1 Å². The van der Waals surface area contributed by atoms with E-state index >= 15 is 0 Å². The van der Waals surface area contributed by atoms with Crippen LogP contribution in [0, 0.1) is 13.8 Å². The summed E-state index contributed by atoms with van der Waals surface area (Å²) < 4.78 is 0. The molecule has 0 bridgehead atoms. The van der Waals surface area contributed by atoms with Crippen LogP contribution in [-0.2, 0) is 0 Å². The second-order valence-electron chi connectivity index (χ2n) is 6.53. The number of hydrogen-bond donors (Lipinski definition) is 1. The van der Waals surface area contributed by atoms with Crippen LogP contribution in [0.2, 0.25) is 0 Å². The zero-order valence-corrected chi connectivity index (χ0v) is 14.1. The molecule has 2 atom stereocenters. The lowest BCUT2D eigenvalue weighted by Gasteiger charge is -2.37. The third-order valence-electron chi connectivity index (χ3n) is 4.84. The van der Waals surface area contributed by atoms with Crippen molar-refractivity contribution in [3.8, 4) is 0 Å². The molecular formula is C18H31N3. The predicted molar refractivity (Wildman–Crippen MR) is 90.6 cm³/mol. The highest BCUT2D eigenvalue weighted by Gasteiger charge is 2.29. The van der Waals surface area contributed by atoms with Crippen molar-refractivity contribution < 1.29 is 0 Å². The number of aryl methyl sites for hydroxylation is 2. The first-order chi connectivity index (χ1) is 10.1. The van der Waals surface area contributed by atoms with E-state index in [-0.39, 0.29) is 0 Å². The van der Waals surface area contributed by atoms with Crippen molar-refractivity contribution >= 4 is 0 Å². The Balaban J connectivity index is 2.31. The molecule has 0 spiro atoms. The topological polar surface area (TPSA) is 32.5 Å². The minimum Gasteiger partial charge on any atom is -0.329 e. The van der Waals surface area contributed by atoms with Crippen LogP contribution in [0.5, 0.6) is 0 Å². The summed E-state index contributed by atoms with van der Waals surface area (Å²) in [6.45, 7) is 10.9. The van der Waals surface area contributed by atoms with E-state index in [1.807, 2.05) is 0 Å². The quantitative estimate of drug-likeness (QED) is 0.925. The highest BCUT2D eigenvalue weighted by molar-refractivity contribution is 5.33. The summed E-state index contributed by atoms with van der Waals surface area (Å²) in [5.74, 6) is 0. The summed E-state index contributed by atoms with van der Waals surface area (Å²) in [5.41, 5.74) is 10.3. The summed E-state index contributed by atoms with van der Waals surface area (Å²) in [7, 11) is 2.24. The van der Waals surface area contributed by atoms with Gasteiger partial charge in [0.05, 0.1) is 0 Å². The van der Waals surface area contributed by atoms with E-state index in [1.54, 1.807) is 0 Å². The molecule has 0 aliphatic carbocycles. The molecule has 1 saturated heterocycles. The van der Waals surface area contributed by atoms with Gasteiger partial charge in [-0.3, -0.25) is 4.90 Å². The van der Waals surface area contributed by atoms with Crippen molar-refractivity contribution in [3.05, 3.63) is 34.9 Å². The molecule has 0 aromatic heterocycles.